The van der Waals surface area contributed by atoms with Crippen LogP contribution in [0.25, 0.3) is 5.82 Å². The molecule has 1 saturated heterocycles. The van der Waals surface area contributed by atoms with Gasteiger partial charge in [-0.05, 0) is 13.0 Å². The number of hydrogen-bond donors (Lipinski definition) is 1. The average molecular weight is 231 g/mol. The molecule has 1 aliphatic heterocycles. The maximum absolute atomic E-state index is 5.77. The third-order valence-electron chi connectivity index (χ3n) is 2.70. The van der Waals surface area contributed by atoms with Crippen molar-refractivity contribution in [2.75, 3.05) is 13.1 Å². The van der Waals surface area contributed by atoms with E-state index in [0.29, 0.717) is 5.88 Å². The van der Waals surface area contributed by atoms with Crippen LogP contribution in [0.3, 0.4) is 0 Å². The number of imidazole rings is 1. The molecule has 0 aromatic carbocycles. The molecule has 1 N–H and O–H groups in total. The van der Waals surface area contributed by atoms with Crippen molar-refractivity contribution in [3.05, 3.63) is 31.1 Å². The minimum absolute atomic E-state index is 0.209. The smallest absolute Gasteiger partial charge is 0.218 e. The molecule has 0 aliphatic carbocycles. The van der Waals surface area contributed by atoms with Crippen molar-refractivity contribution in [3.63, 3.8) is 0 Å². The second-order valence-corrected chi connectivity index (χ2v) is 3.92. The molecular formula is C11H13N5O. The van der Waals surface area contributed by atoms with Gasteiger partial charge in [0.05, 0.1) is 0 Å². The maximum atomic E-state index is 5.77. The lowest BCUT2D eigenvalue weighted by atomic mass is 10.3. The van der Waals surface area contributed by atoms with Gasteiger partial charge in [0.1, 0.15) is 24.6 Å². The van der Waals surface area contributed by atoms with Crippen molar-refractivity contribution < 1.29 is 4.74 Å². The van der Waals surface area contributed by atoms with E-state index in [1.54, 1.807) is 12.5 Å². The van der Waals surface area contributed by atoms with E-state index in [1.807, 2.05) is 16.8 Å². The van der Waals surface area contributed by atoms with E-state index in [-0.39, 0.29) is 6.10 Å². The summed E-state index contributed by atoms with van der Waals surface area (Å²) >= 11 is 0. The second kappa shape index (κ2) is 4.50. The van der Waals surface area contributed by atoms with Crippen LogP contribution in [-0.4, -0.2) is 38.7 Å². The normalized spacial score (nSPS) is 19.4. The Morgan fingerprint density at radius 3 is 3.18 bits per heavy atom. The van der Waals surface area contributed by atoms with Gasteiger partial charge in [0.25, 0.3) is 0 Å². The number of ether oxygens (including phenoxy) is 1. The predicted octanol–water partition coefficient (Wildman–Crippen LogP) is 0.403. The molecule has 17 heavy (non-hydrogen) atoms. The highest BCUT2D eigenvalue weighted by atomic mass is 16.5. The molecule has 6 heteroatoms. The number of rotatable bonds is 3. The van der Waals surface area contributed by atoms with Crippen LogP contribution in [0.5, 0.6) is 5.88 Å². The fraction of sp³-hybridized carbons (Fsp3) is 0.364. The Hall–Kier alpha value is -1.95. The zero-order valence-corrected chi connectivity index (χ0v) is 9.28. The first-order chi connectivity index (χ1) is 8.42. The number of hydrogen-bond acceptors (Lipinski definition) is 5. The molecule has 1 aliphatic rings. The lowest BCUT2D eigenvalue weighted by Crippen LogP contribution is -2.20. The van der Waals surface area contributed by atoms with E-state index in [2.05, 4.69) is 20.3 Å². The SMILES string of the molecule is c1cn(-c2cc(OC3CCNC3)ncn2)cn1. The highest BCUT2D eigenvalue weighted by Gasteiger charge is 2.16. The highest BCUT2D eigenvalue weighted by molar-refractivity contribution is 5.26. The van der Waals surface area contributed by atoms with E-state index >= 15 is 0 Å². The van der Waals surface area contributed by atoms with Crippen molar-refractivity contribution in [1.29, 1.82) is 0 Å². The van der Waals surface area contributed by atoms with Crippen LogP contribution in [0.15, 0.2) is 31.1 Å². The number of nitrogens with zero attached hydrogens (tertiary/aromatic N) is 4. The Balaban J connectivity index is 1.79. The maximum Gasteiger partial charge on any atom is 0.218 e. The summed E-state index contributed by atoms with van der Waals surface area (Å²) in [6, 6.07) is 1.82. The fourth-order valence-electron chi connectivity index (χ4n) is 1.83. The van der Waals surface area contributed by atoms with E-state index < -0.39 is 0 Å². The van der Waals surface area contributed by atoms with E-state index in [0.717, 1.165) is 25.3 Å². The molecule has 3 heterocycles. The van der Waals surface area contributed by atoms with Gasteiger partial charge in [0, 0.05) is 25.0 Å². The first-order valence-corrected chi connectivity index (χ1v) is 5.59. The van der Waals surface area contributed by atoms with Gasteiger partial charge < -0.3 is 10.1 Å². The lowest BCUT2D eigenvalue weighted by molar-refractivity contribution is 0.213. The Labute approximate surface area is 98.7 Å². The van der Waals surface area contributed by atoms with Gasteiger partial charge in [-0.2, -0.15) is 0 Å². The zero-order chi connectivity index (χ0) is 11.5. The zero-order valence-electron chi connectivity index (χ0n) is 9.28. The van der Waals surface area contributed by atoms with Crippen LogP contribution in [-0.2, 0) is 0 Å². The molecule has 0 amide bonds. The average Bonchev–Trinajstić information content (AvgIpc) is 3.01. The quantitative estimate of drug-likeness (QED) is 0.828. The van der Waals surface area contributed by atoms with Gasteiger partial charge in [-0.25, -0.2) is 15.0 Å². The van der Waals surface area contributed by atoms with Crippen LogP contribution >= 0.6 is 0 Å². The third-order valence-corrected chi connectivity index (χ3v) is 2.70. The summed E-state index contributed by atoms with van der Waals surface area (Å²) < 4.78 is 7.59. The monoisotopic (exact) mass is 231 g/mol. The molecule has 0 spiro atoms. The minimum atomic E-state index is 0.209. The van der Waals surface area contributed by atoms with Crippen LogP contribution in [0.1, 0.15) is 6.42 Å². The summed E-state index contributed by atoms with van der Waals surface area (Å²) in [7, 11) is 0. The summed E-state index contributed by atoms with van der Waals surface area (Å²) in [6.45, 7) is 1.88. The second-order valence-electron chi connectivity index (χ2n) is 3.92. The van der Waals surface area contributed by atoms with E-state index in [9.17, 15) is 0 Å². The molecule has 3 rings (SSSR count). The van der Waals surface area contributed by atoms with E-state index in [1.165, 1.54) is 6.33 Å². The lowest BCUT2D eigenvalue weighted by Gasteiger charge is -2.11. The molecule has 0 radical (unpaired) electrons. The van der Waals surface area contributed by atoms with Gasteiger partial charge in [0.2, 0.25) is 5.88 Å². The van der Waals surface area contributed by atoms with Crippen LogP contribution in [0.2, 0.25) is 0 Å². The Morgan fingerprint density at radius 1 is 1.41 bits per heavy atom. The van der Waals surface area contributed by atoms with Crippen LogP contribution < -0.4 is 10.1 Å². The largest absolute Gasteiger partial charge is 0.473 e. The summed E-state index contributed by atoms with van der Waals surface area (Å²) in [6.07, 6.45) is 7.98. The molecule has 0 saturated carbocycles. The van der Waals surface area contributed by atoms with Crippen molar-refractivity contribution in [3.8, 4) is 11.7 Å². The Bertz CT molecular complexity index is 478. The van der Waals surface area contributed by atoms with Crippen molar-refractivity contribution >= 4 is 0 Å². The molecule has 1 fully saturated rings. The minimum Gasteiger partial charge on any atom is -0.473 e. The molecule has 0 bridgehead atoms. The molecule has 1 unspecified atom stereocenters. The Morgan fingerprint density at radius 2 is 2.41 bits per heavy atom. The summed E-state index contributed by atoms with van der Waals surface area (Å²) in [5, 5.41) is 3.25. The van der Waals surface area contributed by atoms with Gasteiger partial charge in [-0.15, -0.1) is 0 Å². The van der Waals surface area contributed by atoms with Gasteiger partial charge in [-0.3, -0.25) is 4.57 Å². The van der Waals surface area contributed by atoms with Crippen molar-refractivity contribution in [1.82, 2.24) is 24.8 Å². The topological polar surface area (TPSA) is 64.9 Å². The summed E-state index contributed by atoms with van der Waals surface area (Å²) in [4.78, 5) is 12.3. The van der Waals surface area contributed by atoms with Crippen molar-refractivity contribution in [2.24, 2.45) is 0 Å². The van der Waals surface area contributed by atoms with Gasteiger partial charge >= 0.3 is 0 Å². The fourth-order valence-corrected chi connectivity index (χ4v) is 1.83. The van der Waals surface area contributed by atoms with Gasteiger partial charge in [0.15, 0.2) is 0 Å². The third kappa shape index (κ3) is 2.26. The Kier molecular flexibility index (Phi) is 2.71. The summed E-state index contributed by atoms with van der Waals surface area (Å²) in [5.41, 5.74) is 0. The number of nitrogens with one attached hydrogen (secondary N) is 1. The predicted molar refractivity (Wildman–Crippen MR) is 61.1 cm³/mol. The standard InChI is InChI=1S/C11H13N5O/c1-2-12-6-9(1)17-11-5-10(14-7-15-11)16-4-3-13-8-16/h3-5,7-9,12H,1-2,6H2. The van der Waals surface area contributed by atoms with Gasteiger partial charge in [-0.1, -0.05) is 0 Å². The summed E-state index contributed by atoms with van der Waals surface area (Å²) in [5.74, 6) is 1.37. The number of aromatic nitrogens is 4. The molecule has 88 valence electrons. The molecular weight excluding hydrogens is 218 g/mol. The van der Waals surface area contributed by atoms with Crippen LogP contribution in [0.4, 0.5) is 0 Å². The highest BCUT2D eigenvalue weighted by Crippen LogP contribution is 2.14. The first kappa shape index (κ1) is 10.2. The molecule has 2 aromatic rings. The van der Waals surface area contributed by atoms with E-state index in [4.69, 9.17) is 4.74 Å². The molecule has 2 aromatic heterocycles. The van der Waals surface area contributed by atoms with Crippen molar-refractivity contribution in [2.45, 2.75) is 12.5 Å². The molecule has 1 atom stereocenters. The molecule has 6 nitrogen and oxygen atoms in total. The first-order valence-electron chi connectivity index (χ1n) is 5.59. The van der Waals surface area contributed by atoms with Crippen LogP contribution in [0, 0.1) is 0 Å².